The van der Waals surface area contributed by atoms with E-state index in [1.165, 1.54) is 17.6 Å². The first-order chi connectivity index (χ1) is 8.61. The molecule has 94 valence electrons. The summed E-state index contributed by atoms with van der Waals surface area (Å²) in [5.74, 6) is 0.260. The van der Waals surface area contributed by atoms with Crippen molar-refractivity contribution in [2.24, 2.45) is 0 Å². The number of Topliss-reactive ketones (excluding diaryl/α,β-unsaturated/α-hetero) is 2. The van der Waals surface area contributed by atoms with E-state index in [-0.39, 0.29) is 18.0 Å². The van der Waals surface area contributed by atoms with Crippen LogP contribution in [0.5, 0.6) is 0 Å². The molecule has 0 N–H and O–H groups in total. The van der Waals surface area contributed by atoms with Crippen LogP contribution in [0.3, 0.4) is 0 Å². The van der Waals surface area contributed by atoms with Crippen molar-refractivity contribution < 1.29 is 14.0 Å². The third kappa shape index (κ3) is 2.59. The molecule has 0 unspecified atom stereocenters. The third-order valence-corrected chi connectivity index (χ3v) is 4.04. The fraction of sp³-hybridized carbons (Fsp3) is 0.286. The third-order valence-electron chi connectivity index (χ3n) is 2.77. The first-order valence-corrected chi connectivity index (χ1v) is 6.62. The van der Waals surface area contributed by atoms with Gasteiger partial charge < -0.3 is 4.42 Å². The van der Waals surface area contributed by atoms with Gasteiger partial charge in [0.25, 0.3) is 0 Å². The molecule has 0 saturated carbocycles. The Hall–Kier alpha value is -1.68. The van der Waals surface area contributed by atoms with E-state index in [2.05, 4.69) is 0 Å². The van der Waals surface area contributed by atoms with E-state index in [0.29, 0.717) is 16.2 Å². The van der Waals surface area contributed by atoms with E-state index >= 15 is 0 Å². The lowest BCUT2D eigenvalue weighted by atomic mass is 10.1. The van der Waals surface area contributed by atoms with Crippen molar-refractivity contribution in [3.05, 3.63) is 45.5 Å². The van der Waals surface area contributed by atoms with Gasteiger partial charge in [-0.2, -0.15) is 0 Å². The predicted molar refractivity (Wildman–Crippen MR) is 70.4 cm³/mol. The molecule has 0 aliphatic rings. The highest BCUT2D eigenvalue weighted by Gasteiger charge is 2.17. The molecule has 0 radical (unpaired) electrons. The lowest BCUT2D eigenvalue weighted by Gasteiger charge is -1.97. The summed E-state index contributed by atoms with van der Waals surface area (Å²) in [6, 6.07) is 5.34. The van der Waals surface area contributed by atoms with E-state index in [4.69, 9.17) is 4.42 Å². The molecule has 18 heavy (non-hydrogen) atoms. The summed E-state index contributed by atoms with van der Waals surface area (Å²) in [6.45, 7) is 3.76. The largest absolute Gasteiger partial charge is 0.469 e. The fourth-order valence-electron chi connectivity index (χ4n) is 1.72. The lowest BCUT2D eigenvalue weighted by Crippen LogP contribution is -2.07. The molecular formula is C14H14O3S. The maximum absolute atomic E-state index is 11.9. The highest BCUT2D eigenvalue weighted by atomic mass is 32.1. The van der Waals surface area contributed by atoms with Gasteiger partial charge in [0.1, 0.15) is 5.76 Å². The highest BCUT2D eigenvalue weighted by Crippen LogP contribution is 2.20. The van der Waals surface area contributed by atoms with Gasteiger partial charge >= 0.3 is 0 Å². The van der Waals surface area contributed by atoms with Gasteiger partial charge in [-0.25, -0.2) is 0 Å². The molecule has 2 aromatic heterocycles. The first kappa shape index (κ1) is 12.8. The second-order valence-corrected chi connectivity index (χ2v) is 5.20. The summed E-state index contributed by atoms with van der Waals surface area (Å²) in [4.78, 5) is 25.7. The van der Waals surface area contributed by atoms with Crippen LogP contribution >= 0.6 is 11.3 Å². The fourth-order valence-corrected chi connectivity index (χ4v) is 2.61. The normalized spacial score (nSPS) is 10.6. The van der Waals surface area contributed by atoms with Gasteiger partial charge in [0, 0.05) is 4.88 Å². The number of aryl methyl sites for hydroxylation is 2. The monoisotopic (exact) mass is 262 g/mol. The molecule has 0 aromatic carbocycles. The van der Waals surface area contributed by atoms with Gasteiger partial charge in [-0.1, -0.05) is 6.92 Å². The van der Waals surface area contributed by atoms with Crippen molar-refractivity contribution >= 4 is 22.9 Å². The van der Waals surface area contributed by atoms with Crippen LogP contribution in [0, 0.1) is 6.92 Å². The number of ketones is 2. The summed E-state index contributed by atoms with van der Waals surface area (Å²) in [5.41, 5.74) is 0.496. The minimum absolute atomic E-state index is 0.0932. The number of thiophene rings is 1. The number of carbonyl (C=O) groups is 2. The molecule has 3 nitrogen and oxygen atoms in total. The minimum Gasteiger partial charge on any atom is -0.469 e. The van der Waals surface area contributed by atoms with Crippen molar-refractivity contribution in [2.45, 2.75) is 26.7 Å². The van der Waals surface area contributed by atoms with Crippen LogP contribution in [-0.4, -0.2) is 11.6 Å². The predicted octanol–water partition coefficient (Wildman–Crippen LogP) is 3.67. The molecule has 2 heterocycles. The zero-order chi connectivity index (χ0) is 13.1. The molecule has 0 saturated heterocycles. The summed E-state index contributed by atoms with van der Waals surface area (Å²) in [6.07, 6.45) is 2.28. The Bertz CT molecular complexity index is 577. The van der Waals surface area contributed by atoms with Crippen LogP contribution in [0.2, 0.25) is 0 Å². The first-order valence-electron chi connectivity index (χ1n) is 5.81. The van der Waals surface area contributed by atoms with Crippen LogP contribution in [-0.2, 0) is 6.42 Å². The van der Waals surface area contributed by atoms with Gasteiger partial charge in [-0.3, -0.25) is 9.59 Å². The van der Waals surface area contributed by atoms with Crippen LogP contribution in [0.15, 0.2) is 28.9 Å². The van der Waals surface area contributed by atoms with Crippen molar-refractivity contribution in [2.75, 3.05) is 0 Å². The molecule has 0 aliphatic carbocycles. The van der Waals surface area contributed by atoms with Crippen LogP contribution < -0.4 is 0 Å². The van der Waals surface area contributed by atoms with Crippen molar-refractivity contribution in [3.8, 4) is 0 Å². The number of rotatable bonds is 5. The van der Waals surface area contributed by atoms with E-state index in [0.717, 1.165) is 11.3 Å². The topological polar surface area (TPSA) is 47.3 Å². The minimum atomic E-state index is -0.183. The Morgan fingerprint density at radius 2 is 2.00 bits per heavy atom. The van der Waals surface area contributed by atoms with E-state index < -0.39 is 0 Å². The standard InChI is InChI=1S/C14H14O3S/c1-3-10-4-5-14(18-10)13(16)8-12(15)11-6-7-17-9(11)2/h4-7H,3,8H2,1-2H3. The summed E-state index contributed by atoms with van der Waals surface area (Å²) in [7, 11) is 0. The SMILES string of the molecule is CCc1ccc(C(=O)CC(=O)c2ccoc2C)s1. The van der Waals surface area contributed by atoms with Gasteiger partial charge in [-0.15, -0.1) is 11.3 Å². The Labute approximate surface area is 109 Å². The number of carbonyl (C=O) groups excluding carboxylic acids is 2. The maximum atomic E-state index is 11.9. The zero-order valence-corrected chi connectivity index (χ0v) is 11.2. The van der Waals surface area contributed by atoms with Crippen molar-refractivity contribution in [3.63, 3.8) is 0 Å². The Morgan fingerprint density at radius 3 is 2.56 bits per heavy atom. The Morgan fingerprint density at radius 1 is 1.22 bits per heavy atom. The molecule has 4 heteroatoms. The molecule has 0 spiro atoms. The van der Waals surface area contributed by atoms with E-state index in [9.17, 15) is 9.59 Å². The Balaban J connectivity index is 2.08. The van der Waals surface area contributed by atoms with Crippen molar-refractivity contribution in [1.29, 1.82) is 0 Å². The molecule has 0 amide bonds. The average Bonchev–Trinajstić information content (AvgIpc) is 2.96. The Kier molecular flexibility index (Phi) is 3.77. The molecule has 2 aromatic rings. The highest BCUT2D eigenvalue weighted by molar-refractivity contribution is 7.14. The summed E-state index contributed by atoms with van der Waals surface area (Å²) >= 11 is 1.46. The molecule has 0 atom stereocenters. The summed E-state index contributed by atoms with van der Waals surface area (Å²) < 4.78 is 5.06. The van der Waals surface area contributed by atoms with Gasteiger partial charge in [0.05, 0.1) is 23.1 Å². The quantitative estimate of drug-likeness (QED) is 0.610. The number of hydrogen-bond acceptors (Lipinski definition) is 4. The van der Waals surface area contributed by atoms with Crippen LogP contribution in [0.25, 0.3) is 0 Å². The van der Waals surface area contributed by atoms with Crippen LogP contribution in [0.1, 0.15) is 44.0 Å². The number of hydrogen-bond donors (Lipinski definition) is 0. The average molecular weight is 262 g/mol. The van der Waals surface area contributed by atoms with Gasteiger partial charge in [-0.05, 0) is 31.5 Å². The van der Waals surface area contributed by atoms with Gasteiger partial charge in [0.2, 0.25) is 0 Å². The maximum Gasteiger partial charge on any atom is 0.180 e. The van der Waals surface area contributed by atoms with E-state index in [1.54, 1.807) is 19.1 Å². The lowest BCUT2D eigenvalue weighted by molar-refractivity contribution is 0.0896. The molecule has 0 fully saturated rings. The number of furan rings is 1. The van der Waals surface area contributed by atoms with Gasteiger partial charge in [0.15, 0.2) is 11.6 Å². The second-order valence-electron chi connectivity index (χ2n) is 4.03. The zero-order valence-electron chi connectivity index (χ0n) is 10.4. The van der Waals surface area contributed by atoms with Crippen LogP contribution in [0.4, 0.5) is 0 Å². The molecule has 2 rings (SSSR count). The second kappa shape index (κ2) is 5.31. The molecule has 0 bridgehead atoms. The smallest absolute Gasteiger partial charge is 0.180 e. The van der Waals surface area contributed by atoms with E-state index in [1.807, 2.05) is 13.0 Å². The molecular weight excluding hydrogens is 248 g/mol. The summed E-state index contributed by atoms with van der Waals surface area (Å²) in [5, 5.41) is 0. The molecule has 0 aliphatic heterocycles. The van der Waals surface area contributed by atoms with Crippen molar-refractivity contribution in [1.82, 2.24) is 0 Å².